The van der Waals surface area contributed by atoms with E-state index in [0.29, 0.717) is 33.9 Å². The molecule has 0 radical (unpaired) electrons. The fourth-order valence-corrected chi connectivity index (χ4v) is 5.01. The number of carbonyl (C=O) groups is 1. The molecule has 2 heterocycles. The molecule has 2 aromatic heterocycles. The van der Waals surface area contributed by atoms with Crippen molar-refractivity contribution in [1.82, 2.24) is 14.3 Å². The first-order valence-electron chi connectivity index (χ1n) is 12.0. The molecule has 8 heteroatoms. The number of methoxy groups -OCH3 is 1. The number of anilines is 1. The third kappa shape index (κ3) is 3.96. The number of para-hydroxylation sites is 1. The maximum absolute atomic E-state index is 14.2. The fourth-order valence-electron chi connectivity index (χ4n) is 4.76. The molecule has 0 unspecified atom stereocenters. The van der Waals surface area contributed by atoms with Gasteiger partial charge in [0.1, 0.15) is 11.3 Å². The smallest absolute Gasteiger partial charge is 0.296 e. The lowest BCUT2D eigenvalue weighted by Gasteiger charge is -2.22. The quantitative estimate of drug-likeness (QED) is 0.296. The molecule has 1 amide bonds. The highest BCUT2D eigenvalue weighted by molar-refractivity contribution is 6.32. The summed E-state index contributed by atoms with van der Waals surface area (Å²) in [6.45, 7) is 6.41. The highest BCUT2D eigenvalue weighted by atomic mass is 35.5. The molecule has 0 atom stereocenters. The van der Waals surface area contributed by atoms with Gasteiger partial charge in [-0.05, 0) is 68.3 Å². The summed E-state index contributed by atoms with van der Waals surface area (Å²) >= 11 is 6.38. The van der Waals surface area contributed by atoms with Gasteiger partial charge in [0.25, 0.3) is 11.5 Å². The Morgan fingerprint density at radius 1 is 1.05 bits per heavy atom. The zero-order valence-electron chi connectivity index (χ0n) is 21.4. The van der Waals surface area contributed by atoms with Gasteiger partial charge in [0.05, 0.1) is 17.8 Å². The summed E-state index contributed by atoms with van der Waals surface area (Å²) in [5.41, 5.74) is 4.52. The SMILES string of the molecule is CCN(C(=O)c1nn(-c2ccc(OC)c(Cl)c2)c(=O)c2c1c1ccccc1n2C)c1ccc(C)c(C)c1. The number of carbonyl (C=O) groups excluding carboxylic acids is 1. The maximum atomic E-state index is 14.2. The van der Waals surface area contributed by atoms with Crippen LogP contribution in [0.1, 0.15) is 28.5 Å². The molecular weight excluding hydrogens is 488 g/mol. The molecule has 0 saturated heterocycles. The third-order valence-corrected chi connectivity index (χ3v) is 7.18. The van der Waals surface area contributed by atoms with Gasteiger partial charge in [-0.3, -0.25) is 9.59 Å². The van der Waals surface area contributed by atoms with E-state index >= 15 is 0 Å². The van der Waals surface area contributed by atoms with Crippen LogP contribution in [-0.4, -0.2) is 33.9 Å². The molecule has 0 saturated carbocycles. The molecule has 0 bridgehead atoms. The summed E-state index contributed by atoms with van der Waals surface area (Å²) in [7, 11) is 3.35. The zero-order chi connectivity index (χ0) is 26.4. The predicted molar refractivity (Wildman–Crippen MR) is 149 cm³/mol. The Balaban J connectivity index is 1.83. The fraction of sp³-hybridized carbons (Fsp3) is 0.207. The first kappa shape index (κ1) is 24.6. The molecule has 5 aromatic rings. The number of halogens is 1. The Morgan fingerprint density at radius 3 is 2.49 bits per heavy atom. The molecule has 5 rings (SSSR count). The zero-order valence-corrected chi connectivity index (χ0v) is 22.1. The molecule has 0 aliphatic heterocycles. The number of rotatable bonds is 5. The van der Waals surface area contributed by atoms with E-state index in [1.165, 1.54) is 11.8 Å². The van der Waals surface area contributed by atoms with E-state index in [1.807, 2.05) is 74.9 Å². The Labute approximate surface area is 219 Å². The maximum Gasteiger partial charge on any atom is 0.296 e. The van der Waals surface area contributed by atoms with E-state index in [2.05, 4.69) is 5.10 Å². The van der Waals surface area contributed by atoms with Crippen molar-refractivity contribution in [3.63, 3.8) is 0 Å². The topological polar surface area (TPSA) is 69.4 Å². The second-order valence-corrected chi connectivity index (χ2v) is 9.41. The van der Waals surface area contributed by atoms with Crippen molar-refractivity contribution in [3.05, 3.63) is 92.9 Å². The van der Waals surface area contributed by atoms with Crippen LogP contribution in [0.2, 0.25) is 5.02 Å². The number of aromatic nitrogens is 3. The Morgan fingerprint density at radius 2 is 1.81 bits per heavy atom. The molecule has 7 nitrogen and oxygen atoms in total. The van der Waals surface area contributed by atoms with Crippen LogP contribution in [0, 0.1) is 13.8 Å². The van der Waals surface area contributed by atoms with Gasteiger partial charge in [-0.1, -0.05) is 35.9 Å². The number of ether oxygens (including phenoxy) is 1. The van der Waals surface area contributed by atoms with Crippen LogP contribution in [0.4, 0.5) is 5.69 Å². The molecule has 0 aliphatic carbocycles. The number of amides is 1. The van der Waals surface area contributed by atoms with Gasteiger partial charge < -0.3 is 14.2 Å². The van der Waals surface area contributed by atoms with Gasteiger partial charge in [-0.25, -0.2) is 0 Å². The predicted octanol–water partition coefficient (Wildman–Crippen LogP) is 5.82. The summed E-state index contributed by atoms with van der Waals surface area (Å²) < 4.78 is 8.33. The number of hydrogen-bond acceptors (Lipinski definition) is 4. The first-order chi connectivity index (χ1) is 17.8. The normalized spacial score (nSPS) is 11.3. The summed E-state index contributed by atoms with van der Waals surface area (Å²) in [5, 5.41) is 6.33. The van der Waals surface area contributed by atoms with Gasteiger partial charge >= 0.3 is 0 Å². The minimum atomic E-state index is -0.347. The number of benzene rings is 3. The van der Waals surface area contributed by atoms with Crippen molar-refractivity contribution in [2.45, 2.75) is 20.8 Å². The van der Waals surface area contributed by atoms with Crippen molar-refractivity contribution in [2.24, 2.45) is 7.05 Å². The molecule has 0 aliphatic rings. The van der Waals surface area contributed by atoms with Crippen LogP contribution in [0.3, 0.4) is 0 Å². The largest absolute Gasteiger partial charge is 0.495 e. The molecule has 0 spiro atoms. The van der Waals surface area contributed by atoms with Crippen LogP contribution in [0.5, 0.6) is 5.75 Å². The molecule has 0 fully saturated rings. The van der Waals surface area contributed by atoms with E-state index in [9.17, 15) is 9.59 Å². The Kier molecular flexibility index (Phi) is 6.25. The molecule has 3 aromatic carbocycles. The van der Waals surface area contributed by atoms with Gasteiger partial charge in [0.15, 0.2) is 5.69 Å². The third-order valence-electron chi connectivity index (χ3n) is 6.88. The lowest BCUT2D eigenvalue weighted by Crippen LogP contribution is -2.34. The molecule has 37 heavy (non-hydrogen) atoms. The highest BCUT2D eigenvalue weighted by Crippen LogP contribution is 2.31. The average molecular weight is 515 g/mol. The van der Waals surface area contributed by atoms with Gasteiger partial charge in [0, 0.05) is 35.6 Å². The lowest BCUT2D eigenvalue weighted by molar-refractivity contribution is 0.0983. The minimum Gasteiger partial charge on any atom is -0.495 e. The summed E-state index contributed by atoms with van der Waals surface area (Å²) in [4.78, 5) is 29.7. The van der Waals surface area contributed by atoms with Crippen molar-refractivity contribution in [1.29, 1.82) is 0 Å². The average Bonchev–Trinajstić information content (AvgIpc) is 3.20. The van der Waals surface area contributed by atoms with Crippen molar-refractivity contribution >= 4 is 45.0 Å². The lowest BCUT2D eigenvalue weighted by atomic mass is 10.1. The second-order valence-electron chi connectivity index (χ2n) is 9.00. The van der Waals surface area contributed by atoms with E-state index in [4.69, 9.17) is 16.3 Å². The summed E-state index contributed by atoms with van der Waals surface area (Å²) in [5.74, 6) is 0.188. The number of fused-ring (bicyclic) bond motifs is 3. The molecule has 0 N–H and O–H groups in total. The van der Waals surface area contributed by atoms with E-state index in [0.717, 1.165) is 27.7 Å². The van der Waals surface area contributed by atoms with E-state index in [-0.39, 0.29) is 17.2 Å². The van der Waals surface area contributed by atoms with E-state index < -0.39 is 0 Å². The standard InChI is InChI=1S/C29H27ClN4O3/c1-6-33(19-12-11-17(2)18(3)15-19)28(35)26-25-21-9-7-8-10-23(21)32(4)27(25)29(36)34(31-26)20-13-14-24(37-5)22(30)16-20/h7-16H,6H2,1-5H3. The van der Waals surface area contributed by atoms with Crippen molar-refractivity contribution in [2.75, 3.05) is 18.6 Å². The number of nitrogens with zero attached hydrogens (tertiary/aromatic N) is 4. The van der Waals surface area contributed by atoms with Crippen molar-refractivity contribution in [3.8, 4) is 11.4 Å². The van der Waals surface area contributed by atoms with Crippen LogP contribution in [-0.2, 0) is 7.05 Å². The van der Waals surface area contributed by atoms with Crippen LogP contribution in [0.15, 0.2) is 65.5 Å². The van der Waals surface area contributed by atoms with Gasteiger partial charge in [-0.15, -0.1) is 0 Å². The minimum absolute atomic E-state index is 0.193. The first-order valence-corrected chi connectivity index (χ1v) is 12.4. The molecule has 188 valence electrons. The highest BCUT2D eigenvalue weighted by Gasteiger charge is 2.27. The van der Waals surface area contributed by atoms with Gasteiger partial charge in [-0.2, -0.15) is 9.78 Å². The van der Waals surface area contributed by atoms with Crippen molar-refractivity contribution < 1.29 is 9.53 Å². The van der Waals surface area contributed by atoms with Gasteiger partial charge in [0.2, 0.25) is 0 Å². The van der Waals surface area contributed by atoms with Crippen LogP contribution in [0.25, 0.3) is 27.5 Å². The van der Waals surface area contributed by atoms with Crippen LogP contribution < -0.4 is 15.2 Å². The summed E-state index contributed by atoms with van der Waals surface area (Å²) in [6.07, 6.45) is 0. The Bertz CT molecular complexity index is 1750. The number of hydrogen-bond donors (Lipinski definition) is 0. The second kappa shape index (κ2) is 9.41. The summed E-state index contributed by atoms with van der Waals surface area (Å²) in [6, 6.07) is 18.6. The van der Waals surface area contributed by atoms with Crippen LogP contribution >= 0.6 is 11.6 Å². The monoisotopic (exact) mass is 514 g/mol. The number of aryl methyl sites for hydroxylation is 3. The molecular formula is C29H27ClN4O3. The van der Waals surface area contributed by atoms with E-state index in [1.54, 1.807) is 23.1 Å². The Hall–Kier alpha value is -4.10.